The molecular weight excluding hydrogens is 268 g/mol. The van der Waals surface area contributed by atoms with Crippen molar-refractivity contribution < 1.29 is 0 Å². The maximum absolute atomic E-state index is 4.69. The zero-order valence-electron chi connectivity index (χ0n) is 11.9. The van der Waals surface area contributed by atoms with Crippen molar-refractivity contribution in [3.05, 3.63) is 46.7 Å². The van der Waals surface area contributed by atoms with E-state index in [1.54, 1.807) is 11.3 Å². The van der Waals surface area contributed by atoms with Gasteiger partial charge in [0.05, 0.1) is 22.5 Å². The molecule has 0 radical (unpaired) electrons. The fraction of sp³-hybridized carbons (Fsp3) is 0.333. The summed E-state index contributed by atoms with van der Waals surface area (Å²) in [5, 5.41) is 8.92. The fourth-order valence-corrected chi connectivity index (χ4v) is 3.14. The Morgan fingerprint density at radius 3 is 2.85 bits per heavy atom. The van der Waals surface area contributed by atoms with E-state index in [2.05, 4.69) is 47.4 Å². The molecule has 1 N–H and O–H groups in total. The highest BCUT2D eigenvalue weighted by Gasteiger charge is 2.12. The van der Waals surface area contributed by atoms with Gasteiger partial charge in [-0.25, -0.2) is 4.98 Å². The third kappa shape index (κ3) is 2.46. The first kappa shape index (κ1) is 13.3. The lowest BCUT2D eigenvalue weighted by atomic mass is 10.2. The number of thiazole rings is 1. The quantitative estimate of drug-likeness (QED) is 0.801. The average molecular weight is 286 g/mol. The molecule has 2 aromatic heterocycles. The summed E-state index contributed by atoms with van der Waals surface area (Å²) in [5.41, 5.74) is 3.52. The number of para-hydroxylation sites is 1. The van der Waals surface area contributed by atoms with Gasteiger partial charge in [-0.3, -0.25) is 4.68 Å². The summed E-state index contributed by atoms with van der Waals surface area (Å²) in [6.07, 6.45) is 1.92. The van der Waals surface area contributed by atoms with Crippen LogP contribution in [0.25, 0.3) is 10.2 Å². The summed E-state index contributed by atoms with van der Waals surface area (Å²) < 4.78 is 3.15. The zero-order chi connectivity index (χ0) is 14.1. The number of benzene rings is 1. The number of aromatic nitrogens is 3. The first-order valence-corrected chi connectivity index (χ1v) is 7.53. The molecule has 0 aliphatic heterocycles. The van der Waals surface area contributed by atoms with E-state index in [4.69, 9.17) is 0 Å². The molecule has 1 aromatic carbocycles. The minimum atomic E-state index is 0.243. The second-order valence-corrected chi connectivity index (χ2v) is 6.06. The molecule has 0 aliphatic rings. The van der Waals surface area contributed by atoms with Crippen molar-refractivity contribution in [3.8, 4) is 0 Å². The average Bonchev–Trinajstić information content (AvgIpc) is 3.02. The van der Waals surface area contributed by atoms with Crippen LogP contribution in [-0.4, -0.2) is 14.8 Å². The highest BCUT2D eigenvalue weighted by atomic mass is 32.1. The van der Waals surface area contributed by atoms with Crippen molar-refractivity contribution in [1.82, 2.24) is 20.1 Å². The van der Waals surface area contributed by atoms with Gasteiger partial charge in [-0.1, -0.05) is 12.1 Å². The number of nitrogens with zero attached hydrogens (tertiary/aromatic N) is 3. The highest BCUT2D eigenvalue weighted by Crippen LogP contribution is 2.26. The molecule has 0 amide bonds. The van der Waals surface area contributed by atoms with E-state index in [9.17, 15) is 0 Å². The largest absolute Gasteiger partial charge is 0.304 e. The molecule has 2 heterocycles. The highest BCUT2D eigenvalue weighted by molar-refractivity contribution is 7.18. The van der Waals surface area contributed by atoms with Crippen LogP contribution in [0, 0.1) is 6.92 Å². The predicted molar refractivity (Wildman–Crippen MR) is 82.8 cm³/mol. The van der Waals surface area contributed by atoms with Gasteiger partial charge in [0.1, 0.15) is 5.01 Å². The number of hydrogen-bond acceptors (Lipinski definition) is 4. The molecule has 104 valence electrons. The molecule has 0 spiro atoms. The van der Waals surface area contributed by atoms with Gasteiger partial charge in [0.25, 0.3) is 0 Å². The Hall–Kier alpha value is -1.72. The number of hydrogen-bond donors (Lipinski definition) is 1. The standard InChI is InChI=1S/C15H18N4S/c1-10(16-8-12-9-17-19(3)11(12)2)15-18-13-6-4-5-7-14(13)20-15/h4-7,9-10,16H,8H2,1-3H3. The molecule has 0 saturated heterocycles. The minimum Gasteiger partial charge on any atom is -0.304 e. The summed E-state index contributed by atoms with van der Waals surface area (Å²) in [6.45, 7) is 5.06. The molecule has 1 unspecified atom stereocenters. The van der Waals surface area contributed by atoms with Crippen LogP contribution in [0.2, 0.25) is 0 Å². The Kier molecular flexibility index (Phi) is 3.54. The minimum absolute atomic E-state index is 0.243. The predicted octanol–water partition coefficient (Wildman–Crippen LogP) is 3.19. The van der Waals surface area contributed by atoms with Crippen LogP contribution < -0.4 is 5.32 Å². The van der Waals surface area contributed by atoms with Gasteiger partial charge in [-0.05, 0) is 26.0 Å². The molecule has 1 atom stereocenters. The Morgan fingerprint density at radius 1 is 1.35 bits per heavy atom. The SMILES string of the molecule is Cc1c(CNC(C)c2nc3ccccc3s2)cnn1C. The first-order valence-electron chi connectivity index (χ1n) is 6.71. The maximum atomic E-state index is 4.69. The molecule has 0 aliphatic carbocycles. The van der Waals surface area contributed by atoms with Crippen molar-refractivity contribution in [2.45, 2.75) is 26.4 Å². The summed E-state index contributed by atoms with van der Waals surface area (Å²) in [4.78, 5) is 4.69. The van der Waals surface area contributed by atoms with E-state index in [1.807, 2.05) is 24.0 Å². The number of fused-ring (bicyclic) bond motifs is 1. The van der Waals surface area contributed by atoms with E-state index in [1.165, 1.54) is 16.0 Å². The van der Waals surface area contributed by atoms with Gasteiger partial charge in [0.2, 0.25) is 0 Å². The van der Waals surface area contributed by atoms with E-state index in [0.717, 1.165) is 17.1 Å². The molecule has 0 bridgehead atoms. The molecule has 0 saturated carbocycles. The smallest absolute Gasteiger partial charge is 0.111 e. The van der Waals surface area contributed by atoms with Gasteiger partial charge in [0, 0.05) is 24.8 Å². The molecule has 4 nitrogen and oxygen atoms in total. The van der Waals surface area contributed by atoms with Gasteiger partial charge in [0.15, 0.2) is 0 Å². The molecule has 3 aromatic rings. The Morgan fingerprint density at radius 2 is 2.15 bits per heavy atom. The Balaban J connectivity index is 1.72. The molecule has 3 rings (SSSR count). The van der Waals surface area contributed by atoms with Crippen LogP contribution in [0.1, 0.15) is 29.2 Å². The Labute approximate surface area is 122 Å². The van der Waals surface area contributed by atoms with E-state index < -0.39 is 0 Å². The third-order valence-corrected chi connectivity index (χ3v) is 4.84. The normalized spacial score (nSPS) is 12.9. The molecular formula is C15H18N4S. The molecule has 20 heavy (non-hydrogen) atoms. The summed E-state index contributed by atoms with van der Waals surface area (Å²) >= 11 is 1.76. The molecule has 5 heteroatoms. The van der Waals surface area contributed by atoms with Crippen LogP contribution >= 0.6 is 11.3 Å². The van der Waals surface area contributed by atoms with Crippen LogP contribution in [-0.2, 0) is 13.6 Å². The second kappa shape index (κ2) is 5.34. The third-order valence-electron chi connectivity index (χ3n) is 3.62. The fourth-order valence-electron chi connectivity index (χ4n) is 2.14. The van der Waals surface area contributed by atoms with Crippen molar-refractivity contribution >= 4 is 21.6 Å². The van der Waals surface area contributed by atoms with Crippen molar-refractivity contribution in [2.75, 3.05) is 0 Å². The van der Waals surface area contributed by atoms with Crippen molar-refractivity contribution in [1.29, 1.82) is 0 Å². The van der Waals surface area contributed by atoms with Crippen LogP contribution in [0.3, 0.4) is 0 Å². The number of nitrogens with one attached hydrogen (secondary N) is 1. The van der Waals surface area contributed by atoms with Gasteiger partial charge in [-0.15, -0.1) is 11.3 Å². The molecule has 0 fully saturated rings. The monoisotopic (exact) mass is 286 g/mol. The van der Waals surface area contributed by atoms with Crippen molar-refractivity contribution in [2.24, 2.45) is 7.05 Å². The Bertz CT molecular complexity index is 695. The van der Waals surface area contributed by atoms with Crippen molar-refractivity contribution in [3.63, 3.8) is 0 Å². The zero-order valence-corrected chi connectivity index (χ0v) is 12.7. The van der Waals surface area contributed by atoms with Gasteiger partial charge < -0.3 is 5.32 Å². The maximum Gasteiger partial charge on any atom is 0.111 e. The lowest BCUT2D eigenvalue weighted by Gasteiger charge is -2.10. The number of aryl methyl sites for hydroxylation is 1. The van der Waals surface area contributed by atoms with Crippen LogP contribution in [0.15, 0.2) is 30.5 Å². The first-order chi connectivity index (χ1) is 9.65. The van der Waals surface area contributed by atoms with E-state index in [-0.39, 0.29) is 6.04 Å². The number of rotatable bonds is 4. The second-order valence-electron chi connectivity index (χ2n) is 5.00. The van der Waals surface area contributed by atoms with Crippen LogP contribution in [0.5, 0.6) is 0 Å². The lowest BCUT2D eigenvalue weighted by molar-refractivity contribution is 0.570. The van der Waals surface area contributed by atoms with Crippen LogP contribution in [0.4, 0.5) is 0 Å². The topological polar surface area (TPSA) is 42.7 Å². The summed E-state index contributed by atoms with van der Waals surface area (Å²) in [5.74, 6) is 0. The summed E-state index contributed by atoms with van der Waals surface area (Å²) in [6, 6.07) is 8.51. The summed E-state index contributed by atoms with van der Waals surface area (Å²) in [7, 11) is 1.97. The van der Waals surface area contributed by atoms with E-state index >= 15 is 0 Å². The van der Waals surface area contributed by atoms with Gasteiger partial charge in [-0.2, -0.15) is 5.10 Å². The lowest BCUT2D eigenvalue weighted by Crippen LogP contribution is -2.18. The van der Waals surface area contributed by atoms with Gasteiger partial charge >= 0.3 is 0 Å². The van der Waals surface area contributed by atoms with E-state index in [0.29, 0.717) is 0 Å².